The lowest BCUT2D eigenvalue weighted by Gasteiger charge is -2.25. The van der Waals surface area contributed by atoms with E-state index in [9.17, 15) is 5.11 Å². The Morgan fingerprint density at radius 2 is 2.19 bits per heavy atom. The average molecular weight is 495 g/mol. The Labute approximate surface area is 177 Å². The van der Waals surface area contributed by atoms with E-state index in [1.807, 2.05) is 24.8 Å². The van der Waals surface area contributed by atoms with Crippen molar-refractivity contribution in [3.63, 3.8) is 0 Å². The van der Waals surface area contributed by atoms with E-state index in [2.05, 4.69) is 15.6 Å². The summed E-state index contributed by atoms with van der Waals surface area (Å²) in [5.41, 5.74) is 0.676. The lowest BCUT2D eigenvalue weighted by atomic mass is 10.1. The molecule has 6 nitrogen and oxygen atoms in total. The lowest BCUT2D eigenvalue weighted by Crippen LogP contribution is -2.45. The third-order valence-electron chi connectivity index (χ3n) is 4.06. The van der Waals surface area contributed by atoms with Crippen LogP contribution in [-0.2, 0) is 0 Å². The van der Waals surface area contributed by atoms with E-state index >= 15 is 0 Å². The third kappa shape index (κ3) is 7.03. The van der Waals surface area contributed by atoms with E-state index in [-0.39, 0.29) is 30.5 Å². The fourth-order valence-corrected chi connectivity index (χ4v) is 3.82. The number of nitrogens with zero attached hydrogens (tertiary/aromatic N) is 1. The van der Waals surface area contributed by atoms with Gasteiger partial charge in [-0.05, 0) is 43.7 Å². The molecular formula is C18H30IN3O3S. The highest BCUT2D eigenvalue weighted by molar-refractivity contribution is 14.0. The van der Waals surface area contributed by atoms with Gasteiger partial charge in [-0.1, -0.05) is 0 Å². The van der Waals surface area contributed by atoms with Gasteiger partial charge < -0.3 is 25.2 Å². The summed E-state index contributed by atoms with van der Waals surface area (Å²) >= 11 is 1.97. The minimum atomic E-state index is -0.763. The highest BCUT2D eigenvalue weighted by Crippen LogP contribution is 2.29. The number of benzene rings is 1. The number of aliphatic imine (C=N–C) groups is 1. The molecule has 2 unspecified atom stereocenters. The van der Waals surface area contributed by atoms with Crippen molar-refractivity contribution in [2.24, 2.45) is 4.99 Å². The molecule has 148 valence electrons. The monoisotopic (exact) mass is 495 g/mol. The van der Waals surface area contributed by atoms with Gasteiger partial charge in [-0.3, -0.25) is 4.99 Å². The number of guanidine groups is 1. The van der Waals surface area contributed by atoms with Gasteiger partial charge in [-0.25, -0.2) is 0 Å². The van der Waals surface area contributed by atoms with Crippen molar-refractivity contribution in [1.82, 2.24) is 10.6 Å². The molecule has 3 N–H and O–H groups in total. The van der Waals surface area contributed by atoms with Crippen LogP contribution in [0.2, 0.25) is 0 Å². The summed E-state index contributed by atoms with van der Waals surface area (Å²) in [5, 5.41) is 17.3. The van der Waals surface area contributed by atoms with Crippen LogP contribution in [0.15, 0.2) is 23.2 Å². The number of halogens is 1. The van der Waals surface area contributed by atoms with Crippen LogP contribution in [0.4, 0.5) is 0 Å². The van der Waals surface area contributed by atoms with Gasteiger partial charge >= 0.3 is 0 Å². The summed E-state index contributed by atoms with van der Waals surface area (Å²) in [5.74, 6) is 4.39. The van der Waals surface area contributed by atoms with E-state index in [1.165, 1.54) is 12.2 Å². The lowest BCUT2D eigenvalue weighted by molar-refractivity contribution is 0.182. The van der Waals surface area contributed by atoms with Crippen LogP contribution in [0.3, 0.4) is 0 Å². The standard InChI is InChI=1S/C18H29N3O3S.HI/c1-4-19-18(21-13-6-5-9-25-12-13)20-11-16(22)15-10-14(23-2)7-8-17(15)24-3;/h7-8,10,13,16,22H,4-6,9,11-12H2,1-3H3,(H2,19,20,21);1H. The van der Waals surface area contributed by atoms with Crippen molar-refractivity contribution >= 4 is 41.7 Å². The molecule has 1 fully saturated rings. The SMILES string of the molecule is CCNC(=NCC(O)c1cc(OC)ccc1OC)NC1CCCSC1.I. The maximum Gasteiger partial charge on any atom is 0.191 e. The fourth-order valence-electron chi connectivity index (χ4n) is 2.74. The Balaban J connectivity index is 0.00000338. The molecule has 0 spiro atoms. The van der Waals surface area contributed by atoms with E-state index in [0.29, 0.717) is 23.1 Å². The molecule has 0 radical (unpaired) electrons. The number of nitrogens with one attached hydrogen (secondary N) is 2. The number of methoxy groups -OCH3 is 2. The van der Waals surface area contributed by atoms with Gasteiger partial charge in [0, 0.05) is 23.9 Å². The first kappa shape index (κ1) is 23.2. The van der Waals surface area contributed by atoms with Gasteiger partial charge in [0.2, 0.25) is 0 Å². The maximum atomic E-state index is 10.6. The predicted octanol–water partition coefficient (Wildman–Crippen LogP) is 2.81. The number of hydrogen-bond donors (Lipinski definition) is 3. The molecular weight excluding hydrogens is 465 g/mol. The summed E-state index contributed by atoms with van der Waals surface area (Å²) in [6.45, 7) is 3.07. The maximum absolute atomic E-state index is 10.6. The second-order valence-electron chi connectivity index (χ2n) is 5.90. The van der Waals surface area contributed by atoms with E-state index in [1.54, 1.807) is 26.4 Å². The number of aliphatic hydroxyl groups is 1. The minimum Gasteiger partial charge on any atom is -0.497 e. The van der Waals surface area contributed by atoms with Gasteiger partial charge in [0.15, 0.2) is 5.96 Å². The highest BCUT2D eigenvalue weighted by Gasteiger charge is 2.17. The van der Waals surface area contributed by atoms with Gasteiger partial charge in [-0.15, -0.1) is 24.0 Å². The number of ether oxygens (including phenoxy) is 2. The second kappa shape index (κ2) is 12.5. The minimum absolute atomic E-state index is 0. The Kier molecular flexibility index (Phi) is 11.1. The van der Waals surface area contributed by atoms with Gasteiger partial charge in [0.05, 0.1) is 20.8 Å². The second-order valence-corrected chi connectivity index (χ2v) is 7.05. The summed E-state index contributed by atoms with van der Waals surface area (Å²) in [7, 11) is 3.19. The zero-order chi connectivity index (χ0) is 18.1. The fraction of sp³-hybridized carbons (Fsp3) is 0.611. The average Bonchev–Trinajstić information content (AvgIpc) is 2.66. The Bertz CT molecular complexity index is 569. The first-order valence-electron chi connectivity index (χ1n) is 8.70. The number of rotatable bonds is 7. The summed E-state index contributed by atoms with van der Waals surface area (Å²) in [6.07, 6.45) is 1.62. The van der Waals surface area contributed by atoms with Crippen molar-refractivity contribution in [3.8, 4) is 11.5 Å². The van der Waals surface area contributed by atoms with Crippen LogP contribution < -0.4 is 20.1 Å². The molecule has 0 aliphatic carbocycles. The van der Waals surface area contributed by atoms with Crippen LogP contribution in [0.5, 0.6) is 11.5 Å². The number of hydrogen-bond acceptors (Lipinski definition) is 5. The van der Waals surface area contributed by atoms with Crippen LogP contribution in [-0.4, -0.2) is 55.9 Å². The molecule has 1 aliphatic rings. The largest absolute Gasteiger partial charge is 0.497 e. The highest BCUT2D eigenvalue weighted by atomic mass is 127. The smallest absolute Gasteiger partial charge is 0.191 e. The topological polar surface area (TPSA) is 75.1 Å². The molecule has 1 saturated heterocycles. The summed E-state index contributed by atoms with van der Waals surface area (Å²) in [4.78, 5) is 4.55. The summed E-state index contributed by atoms with van der Waals surface area (Å²) < 4.78 is 10.6. The first-order chi connectivity index (χ1) is 12.2. The molecule has 0 aromatic heterocycles. The molecule has 0 saturated carbocycles. The van der Waals surface area contributed by atoms with Crippen molar-refractivity contribution in [2.45, 2.75) is 31.9 Å². The molecule has 1 aliphatic heterocycles. The van der Waals surface area contributed by atoms with Crippen LogP contribution >= 0.6 is 35.7 Å². The predicted molar refractivity (Wildman–Crippen MR) is 119 cm³/mol. The van der Waals surface area contributed by atoms with E-state index in [0.717, 1.165) is 24.7 Å². The van der Waals surface area contributed by atoms with Crippen molar-refractivity contribution < 1.29 is 14.6 Å². The molecule has 2 atom stereocenters. The van der Waals surface area contributed by atoms with E-state index in [4.69, 9.17) is 9.47 Å². The molecule has 0 bridgehead atoms. The molecule has 0 amide bonds. The molecule has 1 aromatic rings. The van der Waals surface area contributed by atoms with Gasteiger partial charge in [0.25, 0.3) is 0 Å². The van der Waals surface area contributed by atoms with Crippen LogP contribution in [0.1, 0.15) is 31.4 Å². The molecule has 26 heavy (non-hydrogen) atoms. The first-order valence-corrected chi connectivity index (χ1v) is 9.86. The van der Waals surface area contributed by atoms with E-state index < -0.39 is 6.10 Å². The Morgan fingerprint density at radius 3 is 2.81 bits per heavy atom. The van der Waals surface area contributed by atoms with Gasteiger partial charge in [-0.2, -0.15) is 11.8 Å². The van der Waals surface area contributed by atoms with Crippen LogP contribution in [0.25, 0.3) is 0 Å². The number of aliphatic hydroxyl groups excluding tert-OH is 1. The Morgan fingerprint density at radius 1 is 1.38 bits per heavy atom. The third-order valence-corrected chi connectivity index (χ3v) is 5.28. The quantitative estimate of drug-likeness (QED) is 0.307. The van der Waals surface area contributed by atoms with Crippen LogP contribution in [0, 0.1) is 0 Å². The normalized spacial score (nSPS) is 18.5. The zero-order valence-corrected chi connectivity index (χ0v) is 18.8. The molecule has 8 heteroatoms. The van der Waals surface area contributed by atoms with Crippen molar-refractivity contribution in [1.29, 1.82) is 0 Å². The zero-order valence-electron chi connectivity index (χ0n) is 15.7. The van der Waals surface area contributed by atoms with Crippen molar-refractivity contribution in [3.05, 3.63) is 23.8 Å². The summed E-state index contributed by atoms with van der Waals surface area (Å²) in [6, 6.07) is 5.83. The van der Waals surface area contributed by atoms with Crippen molar-refractivity contribution in [2.75, 3.05) is 38.8 Å². The van der Waals surface area contributed by atoms with Gasteiger partial charge in [0.1, 0.15) is 17.6 Å². The molecule has 1 heterocycles. The molecule has 2 rings (SSSR count). The Hall–Kier alpha value is -0.870. The number of thioether (sulfide) groups is 1. The molecule has 1 aromatic carbocycles.